The number of nitro groups is 1. The van der Waals surface area contributed by atoms with Crippen LogP contribution in [0, 0.1) is 10.1 Å². The molecule has 1 amide bonds. The Balaban J connectivity index is 0.00000242. The van der Waals surface area contributed by atoms with E-state index >= 15 is 0 Å². The minimum absolute atomic E-state index is 0. The highest BCUT2D eigenvalue weighted by Gasteiger charge is 2.20. The van der Waals surface area contributed by atoms with Crippen molar-refractivity contribution in [1.29, 1.82) is 0 Å². The molecular weight excluding hydrogens is 308 g/mol. The van der Waals surface area contributed by atoms with E-state index in [9.17, 15) is 14.9 Å². The number of nitrogens with one attached hydrogen (secondary N) is 2. The number of anilines is 1. The largest absolute Gasteiger partial charge is 0.360 e. The molecule has 1 heterocycles. The van der Waals surface area contributed by atoms with E-state index < -0.39 is 4.92 Å². The van der Waals surface area contributed by atoms with Crippen molar-refractivity contribution >= 4 is 29.7 Å². The van der Waals surface area contributed by atoms with Crippen molar-refractivity contribution in [2.45, 2.75) is 18.9 Å². The first-order valence-electron chi connectivity index (χ1n) is 7.02. The molecule has 1 atom stereocenters. The van der Waals surface area contributed by atoms with Gasteiger partial charge >= 0.3 is 0 Å². The van der Waals surface area contributed by atoms with Crippen molar-refractivity contribution in [2.75, 3.05) is 31.6 Å². The molecule has 1 unspecified atom stereocenters. The molecule has 7 nitrogen and oxygen atoms in total. The van der Waals surface area contributed by atoms with E-state index in [1.165, 1.54) is 6.07 Å². The smallest absolute Gasteiger partial charge is 0.292 e. The highest BCUT2D eigenvalue weighted by Crippen LogP contribution is 2.26. The summed E-state index contributed by atoms with van der Waals surface area (Å²) >= 11 is 0. The summed E-state index contributed by atoms with van der Waals surface area (Å²) in [7, 11) is 1.68. The van der Waals surface area contributed by atoms with Crippen molar-refractivity contribution in [3.63, 3.8) is 0 Å². The maximum atomic E-state index is 12.0. The molecule has 0 radical (unpaired) electrons. The fourth-order valence-electron chi connectivity index (χ4n) is 2.49. The Kier molecular flexibility index (Phi) is 7.07. The Hall–Kier alpha value is -1.86. The lowest BCUT2D eigenvalue weighted by Gasteiger charge is -2.25. The maximum Gasteiger partial charge on any atom is 0.292 e. The van der Waals surface area contributed by atoms with Crippen LogP contribution < -0.4 is 15.5 Å². The van der Waals surface area contributed by atoms with Crippen molar-refractivity contribution < 1.29 is 9.72 Å². The highest BCUT2D eigenvalue weighted by molar-refractivity contribution is 5.85. The first-order valence-corrected chi connectivity index (χ1v) is 7.02. The van der Waals surface area contributed by atoms with Crippen LogP contribution in [0.4, 0.5) is 11.4 Å². The van der Waals surface area contributed by atoms with Gasteiger partial charge in [0, 0.05) is 25.7 Å². The third kappa shape index (κ3) is 4.85. The first-order chi connectivity index (χ1) is 10.1. The number of hydrogen-bond acceptors (Lipinski definition) is 5. The van der Waals surface area contributed by atoms with E-state index in [-0.39, 0.29) is 36.6 Å². The molecule has 0 aromatic heterocycles. The molecular formula is C14H21ClN4O3. The number of halogens is 1. The van der Waals surface area contributed by atoms with Gasteiger partial charge in [-0.05, 0) is 25.5 Å². The predicted molar refractivity (Wildman–Crippen MR) is 87.6 cm³/mol. The Morgan fingerprint density at radius 3 is 2.86 bits per heavy atom. The fourth-order valence-corrected chi connectivity index (χ4v) is 2.49. The Bertz CT molecular complexity index is 521. The lowest BCUT2D eigenvalue weighted by Crippen LogP contribution is -2.48. The minimum Gasteiger partial charge on any atom is -0.360 e. The molecule has 2 N–H and O–H groups in total. The maximum absolute atomic E-state index is 12.0. The van der Waals surface area contributed by atoms with Gasteiger partial charge < -0.3 is 15.5 Å². The number of carbonyl (C=O) groups is 1. The normalized spacial score (nSPS) is 17.2. The van der Waals surface area contributed by atoms with Crippen molar-refractivity contribution in [3.8, 4) is 0 Å². The molecule has 1 aromatic rings. The zero-order valence-corrected chi connectivity index (χ0v) is 13.3. The number of para-hydroxylation sites is 2. The molecule has 2 rings (SSSR count). The Morgan fingerprint density at radius 1 is 1.50 bits per heavy atom. The lowest BCUT2D eigenvalue weighted by atomic mass is 10.1. The van der Waals surface area contributed by atoms with Gasteiger partial charge in [-0.1, -0.05) is 12.1 Å². The standard InChI is InChI=1S/C14H20N4O3.ClH/c1-17(12-6-2-3-7-13(12)18(20)21)10-14(19)16-11-5-4-8-15-9-11;/h2-3,6-7,11,15H,4-5,8-10H2,1H3,(H,16,19);1H. The van der Waals surface area contributed by atoms with Crippen LogP contribution in [-0.2, 0) is 4.79 Å². The summed E-state index contributed by atoms with van der Waals surface area (Å²) in [5.74, 6) is -0.121. The third-order valence-corrected chi connectivity index (χ3v) is 3.53. The van der Waals surface area contributed by atoms with E-state index in [0.717, 1.165) is 25.9 Å². The predicted octanol–water partition coefficient (Wildman–Crippen LogP) is 1.32. The Morgan fingerprint density at radius 2 is 2.23 bits per heavy atom. The monoisotopic (exact) mass is 328 g/mol. The summed E-state index contributed by atoms with van der Waals surface area (Å²) in [6.45, 7) is 1.87. The second-order valence-corrected chi connectivity index (χ2v) is 5.21. The highest BCUT2D eigenvalue weighted by atomic mass is 35.5. The van der Waals surface area contributed by atoms with E-state index in [1.807, 2.05) is 0 Å². The second-order valence-electron chi connectivity index (χ2n) is 5.21. The van der Waals surface area contributed by atoms with Crippen molar-refractivity contribution in [2.24, 2.45) is 0 Å². The number of nitrogens with zero attached hydrogens (tertiary/aromatic N) is 2. The topological polar surface area (TPSA) is 87.5 Å². The summed E-state index contributed by atoms with van der Waals surface area (Å²) in [6.07, 6.45) is 2.01. The summed E-state index contributed by atoms with van der Waals surface area (Å²) in [5.41, 5.74) is 0.451. The number of nitro benzene ring substituents is 1. The summed E-state index contributed by atoms with van der Waals surface area (Å²) < 4.78 is 0. The number of hydrogen-bond donors (Lipinski definition) is 2. The van der Waals surface area contributed by atoms with E-state index in [0.29, 0.717) is 5.69 Å². The zero-order chi connectivity index (χ0) is 15.2. The van der Waals surface area contributed by atoms with Gasteiger partial charge in [-0.15, -0.1) is 12.4 Å². The minimum atomic E-state index is -0.436. The number of benzene rings is 1. The fraction of sp³-hybridized carbons (Fsp3) is 0.500. The van der Waals surface area contributed by atoms with Gasteiger partial charge in [0.1, 0.15) is 5.69 Å². The molecule has 122 valence electrons. The number of carbonyl (C=O) groups excluding carboxylic acids is 1. The third-order valence-electron chi connectivity index (χ3n) is 3.53. The SMILES string of the molecule is CN(CC(=O)NC1CCCNC1)c1ccccc1[N+](=O)[O-].Cl. The molecule has 1 aliphatic heterocycles. The lowest BCUT2D eigenvalue weighted by molar-refractivity contribution is -0.384. The van der Waals surface area contributed by atoms with Gasteiger partial charge in [0.2, 0.25) is 5.91 Å². The van der Waals surface area contributed by atoms with Crippen LogP contribution in [0.1, 0.15) is 12.8 Å². The number of piperidine rings is 1. The molecule has 0 saturated carbocycles. The summed E-state index contributed by atoms with van der Waals surface area (Å²) in [4.78, 5) is 24.2. The molecule has 22 heavy (non-hydrogen) atoms. The average molecular weight is 329 g/mol. The van der Waals surface area contributed by atoms with Gasteiger partial charge in [-0.2, -0.15) is 0 Å². The van der Waals surface area contributed by atoms with E-state index in [4.69, 9.17) is 0 Å². The van der Waals surface area contributed by atoms with Gasteiger partial charge in [0.25, 0.3) is 5.69 Å². The van der Waals surface area contributed by atoms with Crippen LogP contribution in [0.5, 0.6) is 0 Å². The molecule has 1 saturated heterocycles. The second kappa shape index (κ2) is 8.55. The van der Waals surface area contributed by atoms with Crippen LogP contribution in [0.2, 0.25) is 0 Å². The van der Waals surface area contributed by atoms with Gasteiger partial charge in [-0.25, -0.2) is 0 Å². The quantitative estimate of drug-likeness (QED) is 0.629. The first kappa shape index (κ1) is 18.2. The average Bonchev–Trinajstić information content (AvgIpc) is 2.48. The van der Waals surface area contributed by atoms with Gasteiger partial charge in [0.05, 0.1) is 11.5 Å². The molecule has 1 fully saturated rings. The van der Waals surface area contributed by atoms with Gasteiger partial charge in [-0.3, -0.25) is 14.9 Å². The van der Waals surface area contributed by atoms with Crippen molar-refractivity contribution in [1.82, 2.24) is 10.6 Å². The number of likely N-dealkylation sites (N-methyl/N-ethyl adjacent to an activating group) is 1. The van der Waals surface area contributed by atoms with Crippen LogP contribution in [0.15, 0.2) is 24.3 Å². The van der Waals surface area contributed by atoms with Crippen molar-refractivity contribution in [3.05, 3.63) is 34.4 Å². The number of rotatable bonds is 5. The molecule has 0 bridgehead atoms. The van der Waals surface area contributed by atoms with Crippen LogP contribution in [0.3, 0.4) is 0 Å². The summed E-state index contributed by atoms with van der Waals surface area (Å²) in [6, 6.07) is 6.57. The molecule has 1 aliphatic rings. The molecule has 8 heteroatoms. The van der Waals surface area contributed by atoms with Crippen LogP contribution in [0.25, 0.3) is 0 Å². The van der Waals surface area contributed by atoms with Crippen LogP contribution in [-0.4, -0.2) is 43.6 Å². The number of amides is 1. The van der Waals surface area contributed by atoms with E-state index in [1.54, 1.807) is 30.1 Å². The molecule has 0 aliphatic carbocycles. The molecule has 0 spiro atoms. The summed E-state index contributed by atoms with van der Waals surface area (Å²) in [5, 5.41) is 17.2. The van der Waals surface area contributed by atoms with E-state index in [2.05, 4.69) is 10.6 Å². The zero-order valence-electron chi connectivity index (χ0n) is 12.4. The Labute approximate surface area is 135 Å². The van der Waals surface area contributed by atoms with Gasteiger partial charge in [0.15, 0.2) is 0 Å². The molecule has 1 aromatic carbocycles. The van der Waals surface area contributed by atoms with Crippen LogP contribution >= 0.6 is 12.4 Å².